The second-order valence-corrected chi connectivity index (χ2v) is 9.98. The number of rotatable bonds is 6. The van der Waals surface area contributed by atoms with E-state index in [2.05, 4.69) is 30.6 Å². The number of amides is 2. The highest BCUT2D eigenvalue weighted by Gasteiger charge is 2.45. The molecule has 6 rings (SSSR count). The van der Waals surface area contributed by atoms with Crippen LogP contribution in [-0.2, 0) is 4.74 Å². The zero-order valence-corrected chi connectivity index (χ0v) is 22.0. The monoisotopic (exact) mass is 544 g/mol. The predicted octanol–water partition coefficient (Wildman–Crippen LogP) is 2.81. The number of nitrogen functional groups attached to an aromatic ring is 1. The Bertz CT molecular complexity index is 1580. The maximum absolute atomic E-state index is 13.1. The number of hydrogen-bond donors (Lipinski definition) is 3. The number of hydrogen-bond acceptors (Lipinski definition) is 10. The van der Waals surface area contributed by atoms with Gasteiger partial charge >= 0.3 is 6.09 Å². The largest absolute Gasteiger partial charge is 0.450 e. The van der Waals surface area contributed by atoms with E-state index in [1.165, 1.54) is 17.8 Å². The number of aromatic nitrogens is 7. The van der Waals surface area contributed by atoms with E-state index in [0.29, 0.717) is 46.7 Å². The molecule has 2 aliphatic heterocycles. The number of H-pyrrole nitrogens is 1. The van der Waals surface area contributed by atoms with E-state index in [1.807, 2.05) is 4.90 Å². The quantitative estimate of drug-likeness (QED) is 0.305. The molecule has 14 nitrogen and oxygen atoms in total. The van der Waals surface area contributed by atoms with Crippen molar-refractivity contribution in [2.75, 3.05) is 17.7 Å². The molecule has 0 unspecified atom stereocenters. The standard InChI is InChI=1S/C26H28N10O4/c1-3-40-26(39)32-19-7-4-14(10-28-19)18-11-31-36-22(27)20(13(2)37)21(33-24(18)36)15-8-16-5-6-17(9-15)35(16)25(38)23-29-12-30-34-23/h4,7,10-12,15-17H,3,5-6,8-9,27H2,1-2H3,(H,28,32,39)(H,29,30,34)/t15-,16-,17+. The zero-order valence-electron chi connectivity index (χ0n) is 22.0. The van der Waals surface area contributed by atoms with Crippen LogP contribution < -0.4 is 11.1 Å². The predicted molar refractivity (Wildman–Crippen MR) is 143 cm³/mol. The summed E-state index contributed by atoms with van der Waals surface area (Å²) in [7, 11) is 0. The van der Waals surface area contributed by atoms with E-state index in [4.69, 9.17) is 15.5 Å². The van der Waals surface area contributed by atoms with Gasteiger partial charge in [0.1, 0.15) is 18.0 Å². The third-order valence-electron chi connectivity index (χ3n) is 7.61. The number of ketones is 1. The lowest BCUT2D eigenvalue weighted by molar-refractivity contribution is 0.0556. The van der Waals surface area contributed by atoms with Gasteiger partial charge in [-0.05, 0) is 51.7 Å². The van der Waals surface area contributed by atoms with Crippen molar-refractivity contribution < 1.29 is 19.1 Å². The van der Waals surface area contributed by atoms with Gasteiger partial charge in [-0.3, -0.25) is 20.0 Å². The molecule has 2 fully saturated rings. The lowest BCUT2D eigenvalue weighted by Crippen LogP contribution is -2.46. The van der Waals surface area contributed by atoms with Crippen LogP contribution in [0.15, 0.2) is 30.9 Å². The van der Waals surface area contributed by atoms with Crippen LogP contribution >= 0.6 is 0 Å². The van der Waals surface area contributed by atoms with Crippen LogP contribution in [-0.4, -0.2) is 76.1 Å². The van der Waals surface area contributed by atoms with Gasteiger partial charge in [0.2, 0.25) is 5.82 Å². The van der Waals surface area contributed by atoms with Crippen LogP contribution in [0, 0.1) is 0 Å². The Morgan fingerprint density at radius 2 is 1.93 bits per heavy atom. The van der Waals surface area contributed by atoms with Crippen molar-refractivity contribution in [1.29, 1.82) is 0 Å². The van der Waals surface area contributed by atoms with Crippen molar-refractivity contribution in [3.63, 3.8) is 0 Å². The molecule has 2 amide bonds. The highest BCUT2D eigenvalue weighted by Crippen LogP contribution is 2.45. The molecular weight excluding hydrogens is 516 g/mol. The SMILES string of the molecule is CCOC(=O)Nc1ccc(-c2cnn3c(N)c(C(C)=O)c([C@@H]4C[C@H]5CC[C@@H](C4)N5C(=O)c4ncn[nH]4)nc23)cn1. The summed E-state index contributed by atoms with van der Waals surface area (Å²) in [6.07, 6.45) is 7.00. The van der Waals surface area contributed by atoms with Gasteiger partial charge in [-0.25, -0.2) is 19.7 Å². The van der Waals surface area contributed by atoms with Crippen LogP contribution in [0.25, 0.3) is 16.8 Å². The number of carbonyl (C=O) groups is 3. The lowest BCUT2D eigenvalue weighted by atomic mass is 9.85. The summed E-state index contributed by atoms with van der Waals surface area (Å²) in [5, 5.41) is 13.5. The molecule has 14 heteroatoms. The Balaban J connectivity index is 1.34. The summed E-state index contributed by atoms with van der Waals surface area (Å²) in [5.41, 5.74) is 9.40. The van der Waals surface area contributed by atoms with E-state index < -0.39 is 6.09 Å². The highest BCUT2D eigenvalue weighted by molar-refractivity contribution is 6.00. The van der Waals surface area contributed by atoms with Gasteiger partial charge in [-0.15, -0.1) is 0 Å². The van der Waals surface area contributed by atoms with Crippen molar-refractivity contribution in [2.24, 2.45) is 0 Å². The number of ether oxygens (including phenoxy) is 1. The minimum atomic E-state index is -0.586. The zero-order chi connectivity index (χ0) is 28.0. The summed E-state index contributed by atoms with van der Waals surface area (Å²) < 4.78 is 6.36. The third kappa shape index (κ3) is 4.30. The van der Waals surface area contributed by atoms with Gasteiger partial charge < -0.3 is 15.4 Å². The summed E-state index contributed by atoms with van der Waals surface area (Å²) in [6.45, 7) is 3.45. The topological polar surface area (TPSA) is 186 Å². The van der Waals surface area contributed by atoms with Gasteiger partial charge in [-0.1, -0.05) is 0 Å². The molecule has 0 saturated carbocycles. The molecule has 40 heavy (non-hydrogen) atoms. The number of anilines is 2. The fourth-order valence-electron chi connectivity index (χ4n) is 5.95. The maximum Gasteiger partial charge on any atom is 0.412 e. The number of pyridine rings is 1. The molecule has 0 radical (unpaired) electrons. The van der Waals surface area contributed by atoms with Crippen LogP contribution in [0.1, 0.15) is 72.1 Å². The van der Waals surface area contributed by atoms with Gasteiger partial charge in [0.25, 0.3) is 5.91 Å². The second-order valence-electron chi connectivity index (χ2n) is 9.98. The van der Waals surface area contributed by atoms with Crippen molar-refractivity contribution in [1.82, 2.24) is 39.7 Å². The number of fused-ring (bicyclic) bond motifs is 3. The van der Waals surface area contributed by atoms with Crippen molar-refractivity contribution >= 4 is 35.1 Å². The number of nitrogens with one attached hydrogen (secondary N) is 2. The smallest absolute Gasteiger partial charge is 0.412 e. The van der Waals surface area contributed by atoms with Crippen LogP contribution in [0.4, 0.5) is 16.4 Å². The minimum Gasteiger partial charge on any atom is -0.450 e. The molecule has 3 atom stereocenters. The Morgan fingerprint density at radius 1 is 1.15 bits per heavy atom. The molecule has 0 spiro atoms. The van der Waals surface area contributed by atoms with Crippen LogP contribution in [0.2, 0.25) is 0 Å². The molecule has 2 aliphatic rings. The first-order valence-electron chi connectivity index (χ1n) is 13.1. The summed E-state index contributed by atoms with van der Waals surface area (Å²) in [6, 6.07) is 3.43. The first-order valence-corrected chi connectivity index (χ1v) is 13.1. The number of aromatic amines is 1. The van der Waals surface area contributed by atoms with Crippen molar-refractivity contribution in [2.45, 2.75) is 57.5 Å². The molecular formula is C26H28N10O4. The fraction of sp³-hybridized carbons (Fsp3) is 0.385. The maximum atomic E-state index is 13.1. The lowest BCUT2D eigenvalue weighted by Gasteiger charge is -2.38. The third-order valence-corrected chi connectivity index (χ3v) is 7.61. The Morgan fingerprint density at radius 3 is 2.55 bits per heavy atom. The fourth-order valence-corrected chi connectivity index (χ4v) is 5.95. The number of piperidine rings is 1. The first kappa shape index (κ1) is 25.4. The molecule has 206 valence electrons. The average Bonchev–Trinajstić information content (AvgIpc) is 3.67. The number of carbonyl (C=O) groups excluding carboxylic acids is 3. The molecule has 2 bridgehead atoms. The number of nitrogens with zero attached hydrogens (tertiary/aromatic N) is 7. The molecule has 4 aromatic heterocycles. The first-order chi connectivity index (χ1) is 19.4. The van der Waals surface area contributed by atoms with Crippen LogP contribution in [0.5, 0.6) is 0 Å². The van der Waals surface area contributed by atoms with Gasteiger partial charge in [0, 0.05) is 35.3 Å². The normalized spacial score (nSPS) is 20.1. The van der Waals surface area contributed by atoms with E-state index in [9.17, 15) is 14.4 Å². The Labute approximate surface area is 228 Å². The van der Waals surface area contributed by atoms with Gasteiger partial charge in [0.05, 0.1) is 24.1 Å². The van der Waals surface area contributed by atoms with E-state index in [0.717, 1.165) is 12.8 Å². The number of nitrogens with two attached hydrogens (primary N) is 1. The molecule has 2 saturated heterocycles. The van der Waals surface area contributed by atoms with E-state index >= 15 is 0 Å². The van der Waals surface area contributed by atoms with E-state index in [1.54, 1.807) is 31.5 Å². The summed E-state index contributed by atoms with van der Waals surface area (Å²) in [5.74, 6) is 0.365. The van der Waals surface area contributed by atoms with Gasteiger partial charge in [-0.2, -0.15) is 14.7 Å². The molecule has 0 aliphatic carbocycles. The highest BCUT2D eigenvalue weighted by atomic mass is 16.5. The van der Waals surface area contributed by atoms with E-state index in [-0.39, 0.29) is 47.9 Å². The minimum absolute atomic E-state index is 0.00608. The summed E-state index contributed by atoms with van der Waals surface area (Å²) >= 11 is 0. The average molecular weight is 545 g/mol. The Kier molecular flexibility index (Phi) is 6.36. The molecule has 0 aromatic carbocycles. The van der Waals surface area contributed by atoms with Crippen molar-refractivity contribution in [3.8, 4) is 11.1 Å². The molecule has 6 heterocycles. The number of Topliss-reactive ketones (excluding diaryl/α,β-unsaturated/α-hetero) is 1. The molecule has 4 N–H and O–H groups in total. The molecule has 4 aromatic rings. The second kappa shape index (κ2) is 10.0. The Hall–Kier alpha value is -4.88. The van der Waals surface area contributed by atoms with Crippen molar-refractivity contribution in [3.05, 3.63) is 47.9 Å². The van der Waals surface area contributed by atoms with Gasteiger partial charge in [0.15, 0.2) is 11.4 Å². The van der Waals surface area contributed by atoms with Crippen LogP contribution in [0.3, 0.4) is 0 Å². The summed E-state index contributed by atoms with van der Waals surface area (Å²) in [4.78, 5) is 52.9.